The van der Waals surface area contributed by atoms with Gasteiger partial charge in [0.05, 0.1) is 5.02 Å². The standard InChI is InChI=1S/C21H26ClNO5/c1-12-13(2)21(25)28-18-10-19(17(22)9-16(12)18)27-14(3)20(24)23-7-5-15(6-8-23)11-26-4/h9-10,14-15H,5-8,11H2,1-4H3. The largest absolute Gasteiger partial charge is 0.479 e. The first-order valence-electron chi connectivity index (χ1n) is 9.49. The van der Waals surface area contributed by atoms with Gasteiger partial charge in [-0.15, -0.1) is 0 Å². The van der Waals surface area contributed by atoms with E-state index in [2.05, 4.69) is 0 Å². The van der Waals surface area contributed by atoms with E-state index >= 15 is 0 Å². The van der Waals surface area contributed by atoms with E-state index in [4.69, 9.17) is 25.5 Å². The van der Waals surface area contributed by atoms with Gasteiger partial charge in [0.15, 0.2) is 6.10 Å². The highest BCUT2D eigenvalue weighted by Gasteiger charge is 2.27. The number of hydrogen-bond acceptors (Lipinski definition) is 5. The molecular weight excluding hydrogens is 382 g/mol. The van der Waals surface area contributed by atoms with Crippen LogP contribution in [-0.4, -0.2) is 43.7 Å². The minimum absolute atomic E-state index is 0.0754. The van der Waals surface area contributed by atoms with Crippen LogP contribution in [-0.2, 0) is 9.53 Å². The van der Waals surface area contributed by atoms with E-state index in [1.54, 1.807) is 33.1 Å². The summed E-state index contributed by atoms with van der Waals surface area (Å²) in [5.74, 6) is 0.749. The number of rotatable bonds is 5. The lowest BCUT2D eigenvalue weighted by atomic mass is 9.97. The highest BCUT2D eigenvalue weighted by atomic mass is 35.5. The number of aryl methyl sites for hydroxylation is 1. The van der Waals surface area contributed by atoms with Crippen LogP contribution < -0.4 is 10.4 Å². The molecule has 1 amide bonds. The third-order valence-electron chi connectivity index (χ3n) is 5.49. The van der Waals surface area contributed by atoms with Gasteiger partial charge < -0.3 is 18.8 Å². The van der Waals surface area contributed by atoms with Crippen molar-refractivity contribution in [3.63, 3.8) is 0 Å². The number of nitrogens with zero attached hydrogens (tertiary/aromatic N) is 1. The zero-order valence-corrected chi connectivity index (χ0v) is 17.5. The average Bonchev–Trinajstić information content (AvgIpc) is 2.68. The SMILES string of the molecule is COCC1CCN(C(=O)C(C)Oc2cc3oc(=O)c(C)c(C)c3cc2Cl)CC1. The number of benzene rings is 1. The Hall–Kier alpha value is -2.05. The van der Waals surface area contributed by atoms with Gasteiger partial charge in [-0.1, -0.05) is 11.6 Å². The van der Waals surface area contributed by atoms with Crippen LogP contribution in [0.2, 0.25) is 5.02 Å². The zero-order chi connectivity index (χ0) is 20.4. The van der Waals surface area contributed by atoms with Crippen molar-refractivity contribution in [2.75, 3.05) is 26.8 Å². The van der Waals surface area contributed by atoms with E-state index in [0.717, 1.165) is 30.4 Å². The maximum Gasteiger partial charge on any atom is 0.339 e. The van der Waals surface area contributed by atoms with Crippen LogP contribution in [0.25, 0.3) is 11.0 Å². The van der Waals surface area contributed by atoms with Crippen LogP contribution in [0.15, 0.2) is 21.3 Å². The molecule has 28 heavy (non-hydrogen) atoms. The first-order valence-corrected chi connectivity index (χ1v) is 9.87. The fraction of sp³-hybridized carbons (Fsp3) is 0.524. The van der Waals surface area contributed by atoms with E-state index < -0.39 is 6.10 Å². The third-order valence-corrected chi connectivity index (χ3v) is 5.78. The number of halogens is 1. The Bertz CT molecular complexity index is 931. The monoisotopic (exact) mass is 407 g/mol. The molecule has 2 heterocycles. The molecule has 1 aliphatic heterocycles. The van der Waals surface area contributed by atoms with Crippen LogP contribution in [0.3, 0.4) is 0 Å². The van der Waals surface area contributed by atoms with Crippen molar-refractivity contribution in [3.05, 3.63) is 38.7 Å². The molecule has 0 N–H and O–H groups in total. The molecule has 0 bridgehead atoms. The topological polar surface area (TPSA) is 69.0 Å². The van der Waals surface area contributed by atoms with Crippen molar-refractivity contribution < 1.29 is 18.7 Å². The molecule has 1 saturated heterocycles. The summed E-state index contributed by atoms with van der Waals surface area (Å²) in [6.45, 7) is 7.39. The van der Waals surface area contributed by atoms with E-state index in [0.29, 0.717) is 40.9 Å². The number of piperidine rings is 1. The molecule has 0 saturated carbocycles. The smallest absolute Gasteiger partial charge is 0.339 e. The van der Waals surface area contributed by atoms with Crippen LogP contribution >= 0.6 is 11.6 Å². The van der Waals surface area contributed by atoms with Gasteiger partial charge in [0.2, 0.25) is 0 Å². The van der Waals surface area contributed by atoms with Crippen molar-refractivity contribution >= 4 is 28.5 Å². The summed E-state index contributed by atoms with van der Waals surface area (Å²) in [6, 6.07) is 3.30. The summed E-state index contributed by atoms with van der Waals surface area (Å²) in [7, 11) is 1.70. The quantitative estimate of drug-likeness (QED) is 0.706. The van der Waals surface area contributed by atoms with Crippen LogP contribution in [0.5, 0.6) is 5.75 Å². The van der Waals surface area contributed by atoms with Crippen LogP contribution in [0, 0.1) is 19.8 Å². The van der Waals surface area contributed by atoms with Gasteiger partial charge in [-0.2, -0.15) is 0 Å². The molecule has 1 aromatic heterocycles. The highest BCUT2D eigenvalue weighted by molar-refractivity contribution is 6.32. The number of likely N-dealkylation sites (tertiary alicyclic amines) is 1. The van der Waals surface area contributed by atoms with Gasteiger partial charge in [-0.3, -0.25) is 4.79 Å². The van der Waals surface area contributed by atoms with Crippen LogP contribution in [0.4, 0.5) is 0 Å². The van der Waals surface area contributed by atoms with E-state index in [1.807, 2.05) is 11.8 Å². The number of hydrogen-bond donors (Lipinski definition) is 0. The van der Waals surface area contributed by atoms with E-state index in [-0.39, 0.29) is 11.5 Å². The summed E-state index contributed by atoms with van der Waals surface area (Å²) in [5, 5.41) is 1.14. The predicted molar refractivity (Wildman–Crippen MR) is 108 cm³/mol. The first-order chi connectivity index (χ1) is 13.3. The Morgan fingerprint density at radius 2 is 1.96 bits per heavy atom. The van der Waals surface area contributed by atoms with Gasteiger partial charge in [0.25, 0.3) is 5.91 Å². The molecule has 1 aliphatic rings. The molecule has 6 nitrogen and oxygen atoms in total. The lowest BCUT2D eigenvalue weighted by Crippen LogP contribution is -2.45. The Balaban J connectivity index is 1.75. The van der Waals surface area contributed by atoms with Crippen molar-refractivity contribution in [3.8, 4) is 5.75 Å². The molecule has 1 unspecified atom stereocenters. The maximum absolute atomic E-state index is 12.7. The Morgan fingerprint density at radius 3 is 2.61 bits per heavy atom. The Morgan fingerprint density at radius 1 is 1.29 bits per heavy atom. The number of carbonyl (C=O) groups excluding carboxylic acids is 1. The van der Waals surface area contributed by atoms with E-state index in [9.17, 15) is 9.59 Å². The first kappa shape index (κ1) is 20.7. The fourth-order valence-electron chi connectivity index (χ4n) is 3.59. The lowest BCUT2D eigenvalue weighted by molar-refractivity contribution is -0.139. The second-order valence-electron chi connectivity index (χ2n) is 7.40. The average molecular weight is 408 g/mol. The van der Waals surface area contributed by atoms with Gasteiger partial charge in [-0.25, -0.2) is 4.79 Å². The van der Waals surface area contributed by atoms with Crippen molar-refractivity contribution in [2.24, 2.45) is 5.92 Å². The molecule has 0 spiro atoms. The van der Waals surface area contributed by atoms with Crippen LogP contribution in [0.1, 0.15) is 30.9 Å². The number of fused-ring (bicyclic) bond motifs is 1. The number of ether oxygens (including phenoxy) is 2. The van der Waals surface area contributed by atoms with Crippen molar-refractivity contribution in [2.45, 2.75) is 39.7 Å². The van der Waals surface area contributed by atoms with Gasteiger partial charge in [0, 0.05) is 43.8 Å². The number of carbonyl (C=O) groups is 1. The summed E-state index contributed by atoms with van der Waals surface area (Å²) < 4.78 is 16.4. The van der Waals surface area contributed by atoms with Gasteiger partial charge in [0.1, 0.15) is 11.3 Å². The summed E-state index contributed by atoms with van der Waals surface area (Å²) in [5.41, 5.74) is 1.38. The lowest BCUT2D eigenvalue weighted by Gasteiger charge is -2.33. The fourth-order valence-corrected chi connectivity index (χ4v) is 3.80. The second kappa shape index (κ2) is 8.53. The summed E-state index contributed by atoms with van der Waals surface area (Å²) >= 11 is 6.37. The minimum atomic E-state index is -0.688. The molecule has 2 aromatic rings. The van der Waals surface area contributed by atoms with Gasteiger partial charge in [-0.05, 0) is 51.2 Å². The van der Waals surface area contributed by atoms with Gasteiger partial charge >= 0.3 is 5.63 Å². The summed E-state index contributed by atoms with van der Waals surface area (Å²) in [4.78, 5) is 26.5. The van der Waals surface area contributed by atoms with Crippen molar-refractivity contribution in [1.29, 1.82) is 0 Å². The molecule has 0 radical (unpaired) electrons. The molecule has 3 rings (SSSR count). The second-order valence-corrected chi connectivity index (χ2v) is 7.81. The Labute approximate surface area is 169 Å². The molecule has 1 atom stereocenters. The predicted octanol–water partition coefficient (Wildman–Crippen LogP) is 3.72. The Kier molecular flexibility index (Phi) is 6.30. The van der Waals surface area contributed by atoms with Crippen molar-refractivity contribution in [1.82, 2.24) is 4.90 Å². The highest BCUT2D eigenvalue weighted by Crippen LogP contribution is 2.32. The zero-order valence-electron chi connectivity index (χ0n) is 16.7. The molecule has 1 fully saturated rings. The molecule has 1 aromatic carbocycles. The maximum atomic E-state index is 12.7. The third kappa shape index (κ3) is 4.18. The molecule has 152 valence electrons. The molecule has 7 heteroatoms. The molecular formula is C21H26ClNO5. The molecule has 0 aliphatic carbocycles. The normalized spacial score (nSPS) is 16.4. The van der Waals surface area contributed by atoms with E-state index in [1.165, 1.54) is 0 Å². The summed E-state index contributed by atoms with van der Waals surface area (Å²) in [6.07, 6.45) is 1.16. The number of amides is 1. The number of methoxy groups -OCH3 is 1. The minimum Gasteiger partial charge on any atom is -0.479 e.